The molecule has 0 aromatic heterocycles. The third kappa shape index (κ3) is 13.4. The van der Waals surface area contributed by atoms with E-state index in [0.29, 0.717) is 38.1 Å². The number of rotatable bonds is 19. The zero-order chi connectivity index (χ0) is 35.9. The Labute approximate surface area is 308 Å². The van der Waals surface area contributed by atoms with Crippen LogP contribution in [0, 0.1) is 29.6 Å². The normalized spacial score (nSPS) is 29.7. The molecular formula is C39H61NO8S2. The molecule has 0 spiro atoms. The van der Waals surface area contributed by atoms with Crippen molar-refractivity contribution in [1.82, 2.24) is 5.32 Å². The van der Waals surface area contributed by atoms with Gasteiger partial charge in [-0.25, -0.2) is 4.79 Å². The van der Waals surface area contributed by atoms with E-state index in [4.69, 9.17) is 18.9 Å². The highest BCUT2D eigenvalue weighted by atomic mass is 33.1. The smallest absolute Gasteiger partial charge is 0.462 e. The van der Waals surface area contributed by atoms with Gasteiger partial charge in [0.05, 0.1) is 18.9 Å². The number of unbranched alkanes of at least 4 members (excludes halogenated alkanes) is 4. The van der Waals surface area contributed by atoms with E-state index in [1.165, 1.54) is 24.2 Å². The molecule has 2 aliphatic heterocycles. The molecule has 9 atom stereocenters. The van der Waals surface area contributed by atoms with E-state index in [9.17, 15) is 19.2 Å². The minimum absolute atomic E-state index is 0.0275. The first-order valence-corrected chi connectivity index (χ1v) is 21.7. The maximum Gasteiger partial charge on any atom is 0.508 e. The summed E-state index contributed by atoms with van der Waals surface area (Å²) < 4.78 is 22.7. The van der Waals surface area contributed by atoms with Gasteiger partial charge in [-0.3, -0.25) is 14.4 Å². The molecule has 0 aromatic rings. The molecule has 0 aromatic carbocycles. The third-order valence-electron chi connectivity index (χ3n) is 10.7. The van der Waals surface area contributed by atoms with E-state index < -0.39 is 12.3 Å². The number of ether oxygens (including phenoxy) is 4. The number of carbonyl (C=O) groups is 4. The Hall–Kier alpha value is -2.14. The van der Waals surface area contributed by atoms with Crippen molar-refractivity contribution in [2.45, 2.75) is 148 Å². The lowest BCUT2D eigenvalue weighted by molar-refractivity contribution is -0.163. The number of hydrogen-bond donors (Lipinski definition) is 1. The second-order valence-corrected chi connectivity index (χ2v) is 17.7. The van der Waals surface area contributed by atoms with Crippen molar-refractivity contribution in [2.24, 2.45) is 29.6 Å². The van der Waals surface area contributed by atoms with Crippen LogP contribution in [-0.4, -0.2) is 66.5 Å². The summed E-state index contributed by atoms with van der Waals surface area (Å²) in [7, 11) is 3.96. The first-order chi connectivity index (χ1) is 24.1. The summed E-state index contributed by atoms with van der Waals surface area (Å²) in [6.07, 6.45) is 17.0. The van der Waals surface area contributed by atoms with Gasteiger partial charge in [0.1, 0.15) is 18.3 Å². The second kappa shape index (κ2) is 21.4. The molecule has 2 heterocycles. The highest BCUT2D eigenvalue weighted by molar-refractivity contribution is 8.77. The highest BCUT2D eigenvalue weighted by Gasteiger charge is 2.42. The standard InChI is InChI=1S/C39H61NO8S2/c1-5-27(3)38(43)48-34-23-26(2)22-29-15-14-28(4)33(37(29)34)17-16-30-24-31(25-36(42)46-30)47-39(44)45-20-11-7-6-10-19-40-35(41)13-9-8-12-32-18-21-49-50-32/h14-15,22,26-28,30-34,37H,5-13,16-21,23-25H2,1-4H3,(H,40,41). The van der Waals surface area contributed by atoms with Crippen molar-refractivity contribution < 1.29 is 38.1 Å². The highest BCUT2D eigenvalue weighted by Crippen LogP contribution is 2.45. The predicted molar refractivity (Wildman–Crippen MR) is 199 cm³/mol. The van der Waals surface area contributed by atoms with Crippen molar-refractivity contribution in [1.29, 1.82) is 0 Å². The van der Waals surface area contributed by atoms with Crippen molar-refractivity contribution >= 4 is 45.6 Å². The minimum Gasteiger partial charge on any atom is -0.462 e. The fourth-order valence-electron chi connectivity index (χ4n) is 7.59. The van der Waals surface area contributed by atoms with Gasteiger partial charge in [0.2, 0.25) is 5.91 Å². The molecule has 11 heteroatoms. The van der Waals surface area contributed by atoms with E-state index in [0.717, 1.165) is 56.6 Å². The molecule has 4 aliphatic rings. The van der Waals surface area contributed by atoms with E-state index in [2.05, 4.69) is 37.4 Å². The molecule has 0 radical (unpaired) electrons. The van der Waals surface area contributed by atoms with Gasteiger partial charge < -0.3 is 24.3 Å². The summed E-state index contributed by atoms with van der Waals surface area (Å²) in [5.74, 6) is 1.73. The monoisotopic (exact) mass is 735 g/mol. The topological polar surface area (TPSA) is 117 Å². The van der Waals surface area contributed by atoms with Crippen LogP contribution in [0.2, 0.25) is 0 Å². The Morgan fingerprint density at radius 3 is 2.62 bits per heavy atom. The summed E-state index contributed by atoms with van der Waals surface area (Å²) in [6, 6.07) is 0. The molecule has 282 valence electrons. The molecule has 1 amide bonds. The van der Waals surface area contributed by atoms with Gasteiger partial charge in [-0.05, 0) is 87.5 Å². The first kappa shape index (κ1) is 40.6. The second-order valence-electron chi connectivity index (χ2n) is 14.9. The molecule has 0 bridgehead atoms. The van der Waals surface area contributed by atoms with Crippen LogP contribution in [0.1, 0.15) is 124 Å². The summed E-state index contributed by atoms with van der Waals surface area (Å²) in [6.45, 7) is 9.23. The van der Waals surface area contributed by atoms with E-state index in [1.807, 2.05) is 35.4 Å². The van der Waals surface area contributed by atoms with Crippen LogP contribution in [0.4, 0.5) is 4.79 Å². The Morgan fingerprint density at radius 2 is 1.84 bits per heavy atom. The average molecular weight is 736 g/mol. The molecule has 9 unspecified atom stereocenters. The van der Waals surface area contributed by atoms with Crippen LogP contribution >= 0.6 is 21.6 Å². The summed E-state index contributed by atoms with van der Waals surface area (Å²) >= 11 is 0. The molecule has 2 fully saturated rings. The average Bonchev–Trinajstić information content (AvgIpc) is 3.60. The molecular weight excluding hydrogens is 675 g/mol. The van der Waals surface area contributed by atoms with Crippen LogP contribution in [0.3, 0.4) is 0 Å². The lowest BCUT2D eigenvalue weighted by Gasteiger charge is -2.43. The SMILES string of the molecule is CCC(C)C(=O)OC1CC(C)C=C2C=CC(C)C(CCC3CC(OC(=O)OCCCCCCNC(=O)CCCCC4CCSS4)CC(=O)O3)C21. The molecule has 4 rings (SSSR count). The van der Waals surface area contributed by atoms with Crippen molar-refractivity contribution in [2.75, 3.05) is 18.9 Å². The number of amides is 1. The maximum absolute atomic E-state index is 12.8. The van der Waals surface area contributed by atoms with Gasteiger partial charge in [0, 0.05) is 36.3 Å². The van der Waals surface area contributed by atoms with E-state index in [-0.39, 0.29) is 66.8 Å². The largest absolute Gasteiger partial charge is 0.508 e. The fourth-order valence-corrected chi connectivity index (χ4v) is 10.6. The zero-order valence-electron chi connectivity index (χ0n) is 30.7. The fraction of sp³-hybridized carbons (Fsp3) is 0.795. The molecule has 9 nitrogen and oxygen atoms in total. The molecule has 1 N–H and O–H groups in total. The molecule has 2 saturated heterocycles. The van der Waals surface area contributed by atoms with Crippen LogP contribution < -0.4 is 5.32 Å². The minimum atomic E-state index is -0.746. The summed E-state index contributed by atoms with van der Waals surface area (Å²) in [5.41, 5.74) is 1.24. The Balaban J connectivity index is 1.10. The van der Waals surface area contributed by atoms with E-state index in [1.54, 1.807) is 0 Å². The first-order valence-electron chi connectivity index (χ1n) is 19.3. The van der Waals surface area contributed by atoms with Crippen molar-refractivity contribution in [3.63, 3.8) is 0 Å². The number of nitrogens with one attached hydrogen (secondary N) is 1. The van der Waals surface area contributed by atoms with Gasteiger partial charge in [-0.2, -0.15) is 0 Å². The number of esters is 2. The van der Waals surface area contributed by atoms with Crippen molar-refractivity contribution in [3.05, 3.63) is 23.8 Å². The third-order valence-corrected chi connectivity index (χ3v) is 13.7. The molecule has 0 saturated carbocycles. The molecule has 2 aliphatic carbocycles. The van der Waals surface area contributed by atoms with Gasteiger partial charge in [0.25, 0.3) is 0 Å². The number of carbonyl (C=O) groups excluding carboxylic acids is 4. The predicted octanol–water partition coefficient (Wildman–Crippen LogP) is 8.75. The Morgan fingerprint density at radius 1 is 1.02 bits per heavy atom. The summed E-state index contributed by atoms with van der Waals surface area (Å²) in [5, 5.41) is 3.79. The van der Waals surface area contributed by atoms with Crippen LogP contribution in [-0.2, 0) is 33.3 Å². The Kier molecular flexibility index (Phi) is 17.4. The Bertz CT molecular complexity index is 1170. The van der Waals surface area contributed by atoms with Crippen LogP contribution in [0.25, 0.3) is 0 Å². The lowest BCUT2D eigenvalue weighted by Crippen LogP contribution is -2.42. The lowest BCUT2D eigenvalue weighted by atomic mass is 9.65. The zero-order valence-corrected chi connectivity index (χ0v) is 32.4. The number of allylic oxidation sites excluding steroid dienone is 3. The molecule has 50 heavy (non-hydrogen) atoms. The van der Waals surface area contributed by atoms with Gasteiger partial charge in [-0.15, -0.1) is 0 Å². The van der Waals surface area contributed by atoms with Gasteiger partial charge >= 0.3 is 18.1 Å². The number of hydrogen-bond acceptors (Lipinski definition) is 10. The summed E-state index contributed by atoms with van der Waals surface area (Å²) in [4.78, 5) is 49.8. The number of fused-ring (bicyclic) bond motifs is 1. The van der Waals surface area contributed by atoms with E-state index >= 15 is 0 Å². The van der Waals surface area contributed by atoms with Crippen LogP contribution in [0.15, 0.2) is 23.8 Å². The number of cyclic esters (lactones) is 1. The van der Waals surface area contributed by atoms with Crippen LogP contribution in [0.5, 0.6) is 0 Å². The van der Waals surface area contributed by atoms with Crippen molar-refractivity contribution in [3.8, 4) is 0 Å². The maximum atomic E-state index is 12.8. The van der Waals surface area contributed by atoms with Gasteiger partial charge in [0.15, 0.2) is 0 Å². The quantitative estimate of drug-likeness (QED) is 0.0597. The van der Waals surface area contributed by atoms with Gasteiger partial charge in [-0.1, -0.05) is 80.4 Å².